The van der Waals surface area contributed by atoms with Crippen LogP contribution in [0.1, 0.15) is 11.4 Å². The van der Waals surface area contributed by atoms with Crippen molar-refractivity contribution < 1.29 is 0 Å². The SMILES string of the molecule is Cc1cnc(CNc2cc(-c3cccnc3)nc(-c3cccnc3)n2)nc1. The average Bonchev–Trinajstić information content (AvgIpc) is 2.74. The van der Waals surface area contributed by atoms with Gasteiger partial charge in [0, 0.05) is 54.4 Å². The molecule has 0 aliphatic rings. The Kier molecular flexibility index (Phi) is 4.74. The molecule has 4 aromatic heterocycles. The van der Waals surface area contributed by atoms with Gasteiger partial charge in [-0.25, -0.2) is 19.9 Å². The van der Waals surface area contributed by atoms with Gasteiger partial charge in [0.25, 0.3) is 0 Å². The van der Waals surface area contributed by atoms with Crippen LogP contribution >= 0.6 is 0 Å². The van der Waals surface area contributed by atoms with Crippen LogP contribution in [0.15, 0.2) is 67.5 Å². The van der Waals surface area contributed by atoms with E-state index < -0.39 is 0 Å². The third-order valence-electron chi connectivity index (χ3n) is 3.87. The maximum Gasteiger partial charge on any atom is 0.163 e. The Hall–Kier alpha value is -3.74. The van der Waals surface area contributed by atoms with E-state index in [-0.39, 0.29) is 0 Å². The van der Waals surface area contributed by atoms with Crippen LogP contribution in [0.5, 0.6) is 0 Å². The van der Waals surface area contributed by atoms with E-state index in [0.717, 1.165) is 22.4 Å². The zero-order chi connectivity index (χ0) is 18.5. The lowest BCUT2D eigenvalue weighted by Gasteiger charge is -2.10. The Bertz CT molecular complexity index is 961. The maximum absolute atomic E-state index is 4.68. The molecule has 0 radical (unpaired) electrons. The van der Waals surface area contributed by atoms with E-state index in [1.165, 1.54) is 0 Å². The summed E-state index contributed by atoms with van der Waals surface area (Å²) in [4.78, 5) is 26.3. The first kappa shape index (κ1) is 16.7. The van der Waals surface area contributed by atoms with E-state index in [4.69, 9.17) is 0 Å². The minimum Gasteiger partial charge on any atom is -0.363 e. The van der Waals surface area contributed by atoms with Crippen LogP contribution in [0.2, 0.25) is 0 Å². The molecule has 0 bridgehead atoms. The standard InChI is InChI=1S/C20H17N7/c1-14-9-23-19(24-10-14)13-25-18-8-17(15-4-2-6-21-11-15)26-20(27-18)16-5-3-7-22-12-16/h2-12H,13H2,1H3,(H,25,26,27). The minimum atomic E-state index is 0.469. The summed E-state index contributed by atoms with van der Waals surface area (Å²) in [5.41, 5.74) is 3.57. The van der Waals surface area contributed by atoms with Gasteiger partial charge in [0.05, 0.1) is 12.2 Å². The fourth-order valence-electron chi connectivity index (χ4n) is 2.50. The molecule has 4 aromatic rings. The lowest BCUT2D eigenvalue weighted by Crippen LogP contribution is -2.07. The highest BCUT2D eigenvalue weighted by Gasteiger charge is 2.09. The van der Waals surface area contributed by atoms with Crippen LogP contribution in [0.3, 0.4) is 0 Å². The van der Waals surface area contributed by atoms with Crippen LogP contribution in [-0.2, 0) is 6.54 Å². The summed E-state index contributed by atoms with van der Waals surface area (Å²) >= 11 is 0. The minimum absolute atomic E-state index is 0.469. The molecule has 0 aliphatic carbocycles. The van der Waals surface area contributed by atoms with Crippen molar-refractivity contribution >= 4 is 5.82 Å². The van der Waals surface area contributed by atoms with E-state index in [1.807, 2.05) is 37.3 Å². The van der Waals surface area contributed by atoms with Crippen LogP contribution in [0.25, 0.3) is 22.6 Å². The second kappa shape index (κ2) is 7.65. The van der Waals surface area contributed by atoms with E-state index in [2.05, 4.69) is 35.2 Å². The van der Waals surface area contributed by atoms with E-state index in [1.54, 1.807) is 37.2 Å². The van der Waals surface area contributed by atoms with Gasteiger partial charge in [-0.15, -0.1) is 0 Å². The maximum atomic E-state index is 4.68. The first-order valence-corrected chi connectivity index (χ1v) is 8.49. The molecule has 0 amide bonds. The zero-order valence-corrected chi connectivity index (χ0v) is 14.7. The summed E-state index contributed by atoms with van der Waals surface area (Å²) in [6.07, 6.45) is 10.6. The van der Waals surface area contributed by atoms with Crippen molar-refractivity contribution in [1.29, 1.82) is 0 Å². The molecular weight excluding hydrogens is 338 g/mol. The Labute approximate surface area is 156 Å². The number of pyridine rings is 2. The van der Waals surface area contributed by atoms with Gasteiger partial charge in [-0.2, -0.15) is 0 Å². The molecule has 7 heteroatoms. The quantitative estimate of drug-likeness (QED) is 0.587. The number of aromatic nitrogens is 6. The second-order valence-electron chi connectivity index (χ2n) is 5.98. The largest absolute Gasteiger partial charge is 0.363 e. The first-order chi connectivity index (χ1) is 13.3. The Morgan fingerprint density at radius 3 is 2.22 bits per heavy atom. The Balaban J connectivity index is 1.68. The monoisotopic (exact) mass is 355 g/mol. The van der Waals surface area contributed by atoms with Gasteiger partial charge < -0.3 is 5.32 Å². The fourth-order valence-corrected chi connectivity index (χ4v) is 2.50. The topological polar surface area (TPSA) is 89.4 Å². The van der Waals surface area contributed by atoms with Crippen molar-refractivity contribution in [2.24, 2.45) is 0 Å². The van der Waals surface area contributed by atoms with E-state index in [0.29, 0.717) is 24.0 Å². The molecule has 0 aliphatic heterocycles. The highest BCUT2D eigenvalue weighted by molar-refractivity contribution is 5.66. The van der Waals surface area contributed by atoms with Crippen LogP contribution < -0.4 is 5.32 Å². The molecule has 0 aromatic carbocycles. The van der Waals surface area contributed by atoms with Gasteiger partial charge in [0.15, 0.2) is 5.82 Å². The first-order valence-electron chi connectivity index (χ1n) is 8.49. The van der Waals surface area contributed by atoms with Gasteiger partial charge in [-0.1, -0.05) is 0 Å². The number of anilines is 1. The smallest absolute Gasteiger partial charge is 0.163 e. The molecule has 0 atom stereocenters. The number of rotatable bonds is 5. The summed E-state index contributed by atoms with van der Waals surface area (Å²) < 4.78 is 0. The highest BCUT2D eigenvalue weighted by atomic mass is 15.1. The summed E-state index contributed by atoms with van der Waals surface area (Å²) in [6.45, 7) is 2.43. The van der Waals surface area contributed by atoms with Crippen molar-refractivity contribution in [3.63, 3.8) is 0 Å². The number of hydrogen-bond donors (Lipinski definition) is 1. The third-order valence-corrected chi connectivity index (χ3v) is 3.87. The van der Waals surface area contributed by atoms with Crippen molar-refractivity contribution in [2.45, 2.75) is 13.5 Å². The molecule has 7 nitrogen and oxygen atoms in total. The van der Waals surface area contributed by atoms with E-state index in [9.17, 15) is 0 Å². The summed E-state index contributed by atoms with van der Waals surface area (Å²) in [5.74, 6) is 1.98. The van der Waals surface area contributed by atoms with Gasteiger partial charge in [0.2, 0.25) is 0 Å². The van der Waals surface area contributed by atoms with Crippen molar-refractivity contribution in [3.05, 3.63) is 78.9 Å². The van der Waals surface area contributed by atoms with Crippen molar-refractivity contribution in [1.82, 2.24) is 29.9 Å². The van der Waals surface area contributed by atoms with Crippen molar-refractivity contribution in [2.75, 3.05) is 5.32 Å². The van der Waals surface area contributed by atoms with Crippen LogP contribution in [0.4, 0.5) is 5.82 Å². The van der Waals surface area contributed by atoms with E-state index >= 15 is 0 Å². The van der Waals surface area contributed by atoms with Crippen LogP contribution in [0, 0.1) is 6.92 Å². The number of hydrogen-bond acceptors (Lipinski definition) is 7. The molecule has 0 unspecified atom stereocenters. The highest BCUT2D eigenvalue weighted by Crippen LogP contribution is 2.23. The predicted octanol–water partition coefficient (Wildman–Crippen LogP) is 3.31. The van der Waals surface area contributed by atoms with Gasteiger partial charge in [-0.05, 0) is 36.8 Å². The predicted molar refractivity (Wildman–Crippen MR) is 103 cm³/mol. The summed E-state index contributed by atoms with van der Waals surface area (Å²) in [5, 5.41) is 3.28. The fraction of sp³-hybridized carbons (Fsp3) is 0.100. The molecule has 132 valence electrons. The molecule has 1 N–H and O–H groups in total. The zero-order valence-electron chi connectivity index (χ0n) is 14.7. The molecule has 0 spiro atoms. The number of nitrogens with zero attached hydrogens (tertiary/aromatic N) is 6. The van der Waals surface area contributed by atoms with Gasteiger partial charge in [0.1, 0.15) is 11.6 Å². The summed E-state index contributed by atoms with van der Waals surface area (Å²) in [6, 6.07) is 9.54. The molecule has 0 saturated carbocycles. The molecule has 4 heterocycles. The molecular formula is C20H17N7. The van der Waals surface area contributed by atoms with Gasteiger partial charge >= 0.3 is 0 Å². The van der Waals surface area contributed by atoms with Gasteiger partial charge in [-0.3, -0.25) is 9.97 Å². The Morgan fingerprint density at radius 2 is 1.56 bits per heavy atom. The third kappa shape index (κ3) is 4.09. The summed E-state index contributed by atoms with van der Waals surface area (Å²) in [7, 11) is 0. The number of nitrogens with one attached hydrogen (secondary N) is 1. The molecule has 27 heavy (non-hydrogen) atoms. The molecule has 0 fully saturated rings. The lowest BCUT2D eigenvalue weighted by molar-refractivity contribution is 0.929. The lowest BCUT2D eigenvalue weighted by atomic mass is 10.2. The second-order valence-corrected chi connectivity index (χ2v) is 5.98. The molecule has 0 saturated heterocycles. The average molecular weight is 355 g/mol. The Morgan fingerprint density at radius 1 is 0.852 bits per heavy atom. The number of aryl methyl sites for hydroxylation is 1. The molecule has 4 rings (SSSR count). The van der Waals surface area contributed by atoms with Crippen molar-refractivity contribution in [3.8, 4) is 22.6 Å². The normalized spacial score (nSPS) is 10.6. The van der Waals surface area contributed by atoms with Crippen LogP contribution in [-0.4, -0.2) is 29.9 Å².